The molecule has 0 fully saturated rings. The fourth-order valence-electron chi connectivity index (χ4n) is 3.19. The molecule has 1 N–H and O–H groups in total. The topological polar surface area (TPSA) is 75.7 Å². The Hall–Kier alpha value is -2.54. The van der Waals surface area contributed by atoms with E-state index >= 15 is 0 Å². The van der Waals surface area contributed by atoms with Crippen LogP contribution in [0.2, 0.25) is 0 Å². The number of hydrogen-bond donors (Lipinski definition) is 1. The van der Waals surface area contributed by atoms with Crippen molar-refractivity contribution in [2.24, 2.45) is 0 Å². The smallest absolute Gasteiger partial charge is 0.241 e. The molecule has 0 saturated heterocycles. The van der Waals surface area contributed by atoms with Crippen LogP contribution in [0.1, 0.15) is 43.5 Å². The summed E-state index contributed by atoms with van der Waals surface area (Å²) >= 11 is 0. The van der Waals surface area contributed by atoms with E-state index in [1.165, 1.54) is 0 Å². The Balaban J connectivity index is 2.19. The molecule has 2 rings (SSSR count). The fraction of sp³-hybridized carbons (Fsp3) is 0.409. The van der Waals surface area contributed by atoms with Gasteiger partial charge in [-0.15, -0.1) is 0 Å². The zero-order valence-corrected chi connectivity index (χ0v) is 18.7. The summed E-state index contributed by atoms with van der Waals surface area (Å²) in [4.78, 5) is 12.6. The Kier molecular flexibility index (Phi) is 7.30. The van der Waals surface area contributed by atoms with Gasteiger partial charge in [-0.05, 0) is 57.9 Å². The molecule has 0 unspecified atom stereocenters. The van der Waals surface area contributed by atoms with E-state index in [4.69, 9.17) is 4.74 Å². The molecule has 0 radical (unpaired) electrons. The molecule has 0 aliphatic heterocycles. The van der Waals surface area contributed by atoms with Crippen LogP contribution in [0.4, 0.5) is 5.69 Å². The van der Waals surface area contributed by atoms with Gasteiger partial charge in [0.2, 0.25) is 15.9 Å². The molecule has 1 atom stereocenters. The first-order valence-corrected chi connectivity index (χ1v) is 11.4. The molecule has 0 bridgehead atoms. The molecule has 0 aliphatic carbocycles. The fourth-order valence-corrected chi connectivity index (χ4v) is 4.04. The van der Waals surface area contributed by atoms with E-state index in [1.807, 2.05) is 46.8 Å². The van der Waals surface area contributed by atoms with Crippen LogP contribution in [-0.2, 0) is 14.8 Å². The number of benzene rings is 2. The first-order valence-electron chi connectivity index (χ1n) is 9.58. The summed E-state index contributed by atoms with van der Waals surface area (Å²) in [5.41, 5.74) is 3.62. The summed E-state index contributed by atoms with van der Waals surface area (Å²) in [6.07, 6.45) is 1.04. The van der Waals surface area contributed by atoms with Crippen LogP contribution in [0.3, 0.4) is 0 Å². The monoisotopic (exact) mass is 418 g/mol. The van der Waals surface area contributed by atoms with Crippen LogP contribution < -0.4 is 14.4 Å². The minimum Gasteiger partial charge on any atom is -0.491 e. The van der Waals surface area contributed by atoms with Crippen LogP contribution in [-0.4, -0.2) is 33.2 Å². The van der Waals surface area contributed by atoms with Gasteiger partial charge < -0.3 is 10.1 Å². The molecule has 0 aromatic heterocycles. The van der Waals surface area contributed by atoms with Crippen molar-refractivity contribution in [3.8, 4) is 5.75 Å². The molecule has 0 spiro atoms. The van der Waals surface area contributed by atoms with E-state index in [2.05, 4.69) is 11.4 Å². The second kappa shape index (κ2) is 9.31. The molecule has 29 heavy (non-hydrogen) atoms. The molecular weight excluding hydrogens is 388 g/mol. The largest absolute Gasteiger partial charge is 0.491 e. The van der Waals surface area contributed by atoms with Crippen molar-refractivity contribution < 1.29 is 17.9 Å². The van der Waals surface area contributed by atoms with E-state index in [1.54, 1.807) is 24.3 Å². The van der Waals surface area contributed by atoms with Crippen molar-refractivity contribution in [3.63, 3.8) is 0 Å². The second-order valence-electron chi connectivity index (χ2n) is 7.58. The van der Waals surface area contributed by atoms with Crippen LogP contribution in [0.15, 0.2) is 42.5 Å². The number of sulfonamides is 1. The second-order valence-corrected chi connectivity index (χ2v) is 9.49. The Bertz CT molecular complexity index is 971. The standard InChI is InChI=1S/C22H30N2O4S/c1-15(2)28-20-9-7-8-19(13-20)24(29(6,26)27)14-22(25)23-18(5)21-11-10-16(3)12-17(21)4/h7-13,15,18H,14H2,1-6H3,(H,23,25)/t18-/m1/s1. The van der Waals surface area contributed by atoms with Gasteiger partial charge in [0.25, 0.3) is 0 Å². The first-order chi connectivity index (χ1) is 13.5. The third-order valence-electron chi connectivity index (χ3n) is 4.43. The molecule has 2 aromatic rings. The first kappa shape index (κ1) is 22.7. The SMILES string of the molecule is Cc1ccc([C@@H](C)NC(=O)CN(c2cccc(OC(C)C)c2)S(C)(=O)=O)c(C)c1. The number of rotatable bonds is 8. The third-order valence-corrected chi connectivity index (χ3v) is 5.57. The highest BCUT2D eigenvalue weighted by atomic mass is 32.2. The lowest BCUT2D eigenvalue weighted by atomic mass is 10.0. The normalized spacial score (nSPS) is 12.5. The van der Waals surface area contributed by atoms with Crippen molar-refractivity contribution in [3.05, 3.63) is 59.2 Å². The van der Waals surface area contributed by atoms with Gasteiger partial charge >= 0.3 is 0 Å². The van der Waals surface area contributed by atoms with Crippen LogP contribution in [0.5, 0.6) is 5.75 Å². The maximum atomic E-state index is 12.6. The number of carbonyl (C=O) groups excluding carboxylic acids is 1. The highest BCUT2D eigenvalue weighted by Gasteiger charge is 2.22. The summed E-state index contributed by atoms with van der Waals surface area (Å²) in [7, 11) is -3.66. The summed E-state index contributed by atoms with van der Waals surface area (Å²) in [6, 6.07) is 12.5. The number of nitrogens with zero attached hydrogens (tertiary/aromatic N) is 1. The highest BCUT2D eigenvalue weighted by molar-refractivity contribution is 7.92. The molecule has 0 heterocycles. The lowest BCUT2D eigenvalue weighted by molar-refractivity contribution is -0.120. The highest BCUT2D eigenvalue weighted by Crippen LogP contribution is 2.24. The van der Waals surface area contributed by atoms with Crippen LogP contribution >= 0.6 is 0 Å². The predicted octanol–water partition coefficient (Wildman–Crippen LogP) is 3.73. The van der Waals surface area contributed by atoms with E-state index in [0.717, 1.165) is 27.3 Å². The van der Waals surface area contributed by atoms with Crippen molar-refractivity contribution in [1.82, 2.24) is 5.32 Å². The number of hydrogen-bond acceptors (Lipinski definition) is 4. The van der Waals surface area contributed by atoms with Gasteiger partial charge in [-0.25, -0.2) is 8.42 Å². The van der Waals surface area contributed by atoms with Gasteiger partial charge in [-0.2, -0.15) is 0 Å². The number of ether oxygens (including phenoxy) is 1. The van der Waals surface area contributed by atoms with Gasteiger partial charge in [0.1, 0.15) is 12.3 Å². The van der Waals surface area contributed by atoms with Gasteiger partial charge in [0.05, 0.1) is 24.1 Å². The summed E-state index contributed by atoms with van der Waals surface area (Å²) in [5, 5.41) is 2.90. The zero-order valence-electron chi connectivity index (χ0n) is 17.9. The van der Waals surface area contributed by atoms with Gasteiger partial charge in [-0.1, -0.05) is 29.8 Å². The third kappa shape index (κ3) is 6.49. The quantitative estimate of drug-likeness (QED) is 0.709. The molecule has 0 aliphatic rings. The Labute approximate surface area is 173 Å². The van der Waals surface area contributed by atoms with Gasteiger partial charge in [0.15, 0.2) is 0 Å². The maximum Gasteiger partial charge on any atom is 0.241 e. The number of aryl methyl sites for hydroxylation is 2. The zero-order chi connectivity index (χ0) is 21.8. The Morgan fingerprint density at radius 1 is 1.10 bits per heavy atom. The van der Waals surface area contributed by atoms with Crippen molar-refractivity contribution in [2.45, 2.75) is 46.8 Å². The minimum atomic E-state index is -3.66. The van der Waals surface area contributed by atoms with Crippen molar-refractivity contribution in [2.75, 3.05) is 17.1 Å². The summed E-state index contributed by atoms with van der Waals surface area (Å²) in [6.45, 7) is 9.37. The van der Waals surface area contributed by atoms with Crippen LogP contribution in [0.25, 0.3) is 0 Å². The number of nitrogens with one attached hydrogen (secondary N) is 1. The predicted molar refractivity (Wildman–Crippen MR) is 117 cm³/mol. The molecule has 1 amide bonds. The van der Waals surface area contributed by atoms with Gasteiger partial charge in [-0.3, -0.25) is 9.10 Å². The summed E-state index contributed by atoms with van der Waals surface area (Å²) in [5.74, 6) is 0.174. The molecule has 158 valence electrons. The van der Waals surface area contributed by atoms with E-state index < -0.39 is 10.0 Å². The number of anilines is 1. The van der Waals surface area contributed by atoms with Crippen LogP contribution in [0, 0.1) is 13.8 Å². The minimum absolute atomic E-state index is 0.0427. The number of amides is 1. The van der Waals surface area contributed by atoms with Crippen molar-refractivity contribution in [1.29, 1.82) is 0 Å². The van der Waals surface area contributed by atoms with Gasteiger partial charge in [0, 0.05) is 6.07 Å². The molecule has 2 aromatic carbocycles. The average Bonchev–Trinajstić information content (AvgIpc) is 2.58. The molecule has 7 heteroatoms. The molecular formula is C22H30N2O4S. The van der Waals surface area contributed by atoms with Crippen molar-refractivity contribution >= 4 is 21.6 Å². The molecule has 6 nitrogen and oxygen atoms in total. The average molecular weight is 419 g/mol. The van der Waals surface area contributed by atoms with E-state index in [9.17, 15) is 13.2 Å². The van der Waals surface area contributed by atoms with E-state index in [0.29, 0.717) is 11.4 Å². The Morgan fingerprint density at radius 2 is 1.79 bits per heavy atom. The number of carbonyl (C=O) groups is 1. The lowest BCUT2D eigenvalue weighted by Gasteiger charge is -2.24. The Morgan fingerprint density at radius 3 is 2.38 bits per heavy atom. The maximum absolute atomic E-state index is 12.6. The molecule has 0 saturated carbocycles. The lowest BCUT2D eigenvalue weighted by Crippen LogP contribution is -2.41. The summed E-state index contributed by atoms with van der Waals surface area (Å²) < 4.78 is 31.4. The van der Waals surface area contributed by atoms with E-state index in [-0.39, 0.29) is 24.6 Å².